The highest BCUT2D eigenvalue weighted by Crippen LogP contribution is 2.44. The van der Waals surface area contributed by atoms with Gasteiger partial charge in [-0.05, 0) is 74.1 Å². The van der Waals surface area contributed by atoms with E-state index in [1.54, 1.807) is 0 Å². The molecule has 2 amide bonds. The van der Waals surface area contributed by atoms with Crippen molar-refractivity contribution in [2.24, 2.45) is 0 Å². The maximum atomic E-state index is 12.2. The van der Waals surface area contributed by atoms with Crippen molar-refractivity contribution in [2.75, 3.05) is 45.9 Å². The molecule has 0 aromatic heterocycles. The lowest BCUT2D eigenvalue weighted by molar-refractivity contribution is 0.143. The molecule has 1 aliphatic carbocycles. The van der Waals surface area contributed by atoms with Crippen LogP contribution in [0.1, 0.15) is 42.7 Å². The van der Waals surface area contributed by atoms with Crippen LogP contribution in [0.5, 0.6) is 0 Å². The zero-order chi connectivity index (χ0) is 24.0. The first-order valence-corrected chi connectivity index (χ1v) is 12.1. The zero-order valence-corrected chi connectivity index (χ0v) is 19.6. The number of carbonyl (C=O) groups excluding carboxylic acids is 1. The minimum atomic E-state index is -0.973. The van der Waals surface area contributed by atoms with Gasteiger partial charge in [-0.3, -0.25) is 0 Å². The third kappa shape index (κ3) is 8.04. The fourth-order valence-corrected chi connectivity index (χ4v) is 4.21. The number of alkyl carbamates (subject to hydrolysis) is 1. The second kappa shape index (κ2) is 14.2. The van der Waals surface area contributed by atoms with E-state index in [4.69, 9.17) is 9.84 Å². The van der Waals surface area contributed by atoms with Gasteiger partial charge < -0.3 is 31.1 Å². The van der Waals surface area contributed by atoms with Crippen molar-refractivity contribution in [3.8, 4) is 11.1 Å². The normalized spacial score (nSPS) is 12.1. The van der Waals surface area contributed by atoms with E-state index in [2.05, 4.69) is 45.5 Å². The number of carboxylic acid groups (broad SMARTS) is 1. The number of amides is 2. The molecule has 2 aromatic carbocycles. The molecule has 2 aromatic rings. The van der Waals surface area contributed by atoms with Crippen LogP contribution in [0.3, 0.4) is 0 Å². The van der Waals surface area contributed by atoms with E-state index in [0.29, 0.717) is 19.7 Å². The smallest absolute Gasteiger partial charge is 0.407 e. The Hall–Kier alpha value is -3.10. The van der Waals surface area contributed by atoms with Gasteiger partial charge in [0.1, 0.15) is 6.61 Å². The topological polar surface area (TPSA) is 112 Å². The number of ether oxygens (including phenoxy) is 1. The first-order chi connectivity index (χ1) is 16.7. The molecule has 0 heterocycles. The molecule has 0 saturated heterocycles. The molecule has 0 saturated carbocycles. The molecular formula is C26H36N4O4. The Labute approximate surface area is 201 Å². The van der Waals surface area contributed by atoms with Crippen molar-refractivity contribution in [2.45, 2.75) is 31.6 Å². The summed E-state index contributed by atoms with van der Waals surface area (Å²) in [4.78, 5) is 22.5. The average molecular weight is 469 g/mol. The summed E-state index contributed by atoms with van der Waals surface area (Å²) >= 11 is 0. The predicted molar refractivity (Wildman–Crippen MR) is 133 cm³/mol. The Morgan fingerprint density at radius 1 is 0.706 bits per heavy atom. The lowest BCUT2D eigenvalue weighted by Gasteiger charge is -2.14. The van der Waals surface area contributed by atoms with Crippen molar-refractivity contribution in [3.05, 3.63) is 59.7 Å². The summed E-state index contributed by atoms with van der Waals surface area (Å²) in [6.07, 6.45) is 2.43. The minimum absolute atomic E-state index is 0.0794. The van der Waals surface area contributed by atoms with Gasteiger partial charge in [-0.15, -0.1) is 0 Å². The zero-order valence-electron chi connectivity index (χ0n) is 19.6. The van der Waals surface area contributed by atoms with Gasteiger partial charge in [0.2, 0.25) is 0 Å². The number of rotatable bonds is 15. The first-order valence-electron chi connectivity index (χ1n) is 12.1. The van der Waals surface area contributed by atoms with E-state index < -0.39 is 6.09 Å². The maximum absolute atomic E-state index is 12.2. The van der Waals surface area contributed by atoms with Gasteiger partial charge in [-0.1, -0.05) is 48.5 Å². The van der Waals surface area contributed by atoms with E-state index in [1.807, 2.05) is 24.3 Å². The SMILES string of the molecule is O=C(O)NCCCNCCCCNCCCNC(=O)OCC1c2ccccc2-c2ccccc21. The predicted octanol–water partition coefficient (Wildman–Crippen LogP) is 3.53. The van der Waals surface area contributed by atoms with Gasteiger partial charge in [0.15, 0.2) is 0 Å². The fraction of sp³-hybridized carbons (Fsp3) is 0.462. The Balaban J connectivity index is 1.19. The van der Waals surface area contributed by atoms with Gasteiger partial charge in [-0.2, -0.15) is 0 Å². The van der Waals surface area contributed by atoms with Crippen LogP contribution in [0.2, 0.25) is 0 Å². The van der Waals surface area contributed by atoms with Gasteiger partial charge in [0.25, 0.3) is 0 Å². The van der Waals surface area contributed by atoms with E-state index in [-0.39, 0.29) is 12.0 Å². The molecule has 34 heavy (non-hydrogen) atoms. The number of unbranched alkanes of at least 4 members (excludes halogenated alkanes) is 1. The van der Waals surface area contributed by atoms with Crippen LogP contribution in [0, 0.1) is 0 Å². The highest BCUT2D eigenvalue weighted by molar-refractivity contribution is 5.79. The molecule has 0 atom stereocenters. The van der Waals surface area contributed by atoms with Crippen LogP contribution < -0.4 is 21.3 Å². The van der Waals surface area contributed by atoms with Crippen molar-refractivity contribution in [3.63, 3.8) is 0 Å². The molecule has 8 nitrogen and oxygen atoms in total. The van der Waals surface area contributed by atoms with Gasteiger partial charge in [0.05, 0.1) is 0 Å². The van der Waals surface area contributed by atoms with Gasteiger partial charge in [0, 0.05) is 19.0 Å². The van der Waals surface area contributed by atoms with Crippen LogP contribution in [0.15, 0.2) is 48.5 Å². The summed E-state index contributed by atoms with van der Waals surface area (Å²) in [7, 11) is 0. The average Bonchev–Trinajstić information content (AvgIpc) is 3.16. The third-order valence-corrected chi connectivity index (χ3v) is 5.91. The summed E-state index contributed by atoms with van der Waals surface area (Å²) in [5.41, 5.74) is 4.88. The molecule has 0 spiro atoms. The number of fused-ring (bicyclic) bond motifs is 3. The Morgan fingerprint density at radius 2 is 1.21 bits per heavy atom. The Morgan fingerprint density at radius 3 is 1.76 bits per heavy atom. The highest BCUT2D eigenvalue weighted by atomic mass is 16.5. The summed E-state index contributed by atoms with van der Waals surface area (Å²) in [6.45, 7) is 4.92. The minimum Gasteiger partial charge on any atom is -0.465 e. The summed E-state index contributed by atoms with van der Waals surface area (Å²) in [6, 6.07) is 16.6. The fourth-order valence-electron chi connectivity index (χ4n) is 4.21. The summed E-state index contributed by atoms with van der Waals surface area (Å²) in [5, 5.41) is 20.4. The van der Waals surface area contributed by atoms with Crippen LogP contribution in [0.4, 0.5) is 9.59 Å². The molecule has 0 radical (unpaired) electrons. The molecule has 0 bridgehead atoms. The lowest BCUT2D eigenvalue weighted by Crippen LogP contribution is -2.29. The maximum Gasteiger partial charge on any atom is 0.407 e. The lowest BCUT2D eigenvalue weighted by atomic mass is 9.98. The summed E-state index contributed by atoms with van der Waals surface area (Å²) < 4.78 is 5.55. The first kappa shape index (κ1) is 25.5. The second-order valence-electron chi connectivity index (χ2n) is 8.40. The van der Waals surface area contributed by atoms with E-state index >= 15 is 0 Å². The largest absolute Gasteiger partial charge is 0.465 e. The molecule has 184 valence electrons. The number of hydrogen-bond donors (Lipinski definition) is 5. The Kier molecular flexibility index (Phi) is 10.7. The third-order valence-electron chi connectivity index (χ3n) is 5.91. The molecule has 0 unspecified atom stereocenters. The van der Waals surface area contributed by atoms with E-state index in [0.717, 1.165) is 51.9 Å². The quantitative estimate of drug-likeness (QED) is 0.256. The monoisotopic (exact) mass is 468 g/mol. The van der Waals surface area contributed by atoms with Crippen molar-refractivity contribution in [1.29, 1.82) is 0 Å². The van der Waals surface area contributed by atoms with E-state index in [9.17, 15) is 9.59 Å². The Bertz CT molecular complexity index is 876. The number of benzene rings is 2. The summed E-state index contributed by atoms with van der Waals surface area (Å²) in [5.74, 6) is 0.0794. The highest BCUT2D eigenvalue weighted by Gasteiger charge is 2.28. The molecule has 3 rings (SSSR count). The number of hydrogen-bond acceptors (Lipinski definition) is 5. The molecule has 0 fully saturated rings. The second-order valence-corrected chi connectivity index (χ2v) is 8.40. The van der Waals surface area contributed by atoms with Crippen LogP contribution >= 0.6 is 0 Å². The molecular weight excluding hydrogens is 432 g/mol. The van der Waals surface area contributed by atoms with Crippen molar-refractivity contribution >= 4 is 12.2 Å². The van der Waals surface area contributed by atoms with Gasteiger partial charge >= 0.3 is 12.2 Å². The van der Waals surface area contributed by atoms with Crippen LogP contribution in [-0.2, 0) is 4.74 Å². The molecule has 8 heteroatoms. The van der Waals surface area contributed by atoms with Crippen molar-refractivity contribution < 1.29 is 19.4 Å². The van der Waals surface area contributed by atoms with Crippen LogP contribution in [-0.4, -0.2) is 63.2 Å². The van der Waals surface area contributed by atoms with Crippen molar-refractivity contribution in [1.82, 2.24) is 21.3 Å². The number of carbonyl (C=O) groups is 2. The van der Waals surface area contributed by atoms with E-state index in [1.165, 1.54) is 22.3 Å². The van der Waals surface area contributed by atoms with Gasteiger partial charge in [-0.25, -0.2) is 9.59 Å². The van der Waals surface area contributed by atoms with Crippen LogP contribution in [0.25, 0.3) is 11.1 Å². The molecule has 1 aliphatic rings. The number of nitrogens with one attached hydrogen (secondary N) is 4. The molecule has 0 aliphatic heterocycles. The standard InChI is InChI=1S/C26H36N4O4/c31-25(32)29-17-7-15-27-13-5-6-14-28-16-8-18-30-26(33)34-19-24-22-11-3-1-9-20(22)21-10-2-4-12-23(21)24/h1-4,9-12,24,27-29H,5-8,13-19H2,(H,30,33)(H,31,32). The molecule has 5 N–H and O–H groups in total.